The highest BCUT2D eigenvalue weighted by Gasteiger charge is 2.31. The Balaban J connectivity index is 1.10. The van der Waals surface area contributed by atoms with Crippen molar-refractivity contribution < 1.29 is 21.2 Å². The van der Waals surface area contributed by atoms with Gasteiger partial charge in [-0.25, -0.2) is 4.98 Å². The molecule has 0 amide bonds. The number of ether oxygens (including phenoxy) is 1. The Morgan fingerprint density at radius 1 is 0.541 bits per heavy atom. The number of aromatic nitrogens is 2. The van der Waals surface area contributed by atoms with Gasteiger partial charge in [-0.1, -0.05) is 134 Å². The normalized spacial score (nSPS) is 16.4. The Labute approximate surface area is 376 Å². The van der Waals surface area contributed by atoms with Crippen molar-refractivity contribution in [3.63, 3.8) is 0 Å². The third-order valence-electron chi connectivity index (χ3n) is 11.4. The summed E-state index contributed by atoms with van der Waals surface area (Å²) < 4.78 is 109. The molecule has 0 spiro atoms. The van der Waals surface area contributed by atoms with Gasteiger partial charge in [0.2, 0.25) is 0 Å². The molecule has 0 atom stereocenters. The molecule has 7 aromatic carbocycles. The number of benzene rings is 7. The average Bonchev–Trinajstić information content (AvgIpc) is 3.88. The van der Waals surface area contributed by atoms with E-state index in [0.29, 0.717) is 39.4 Å². The Bertz CT molecular complexity index is 3440. The highest BCUT2D eigenvalue weighted by molar-refractivity contribution is 6.09. The van der Waals surface area contributed by atoms with Gasteiger partial charge < -0.3 is 14.5 Å². The molecule has 0 saturated carbocycles. The minimum Gasteiger partial charge on any atom is -0.457 e. The average molecular weight is 807 g/mol. The number of anilines is 4. The van der Waals surface area contributed by atoms with Gasteiger partial charge in [-0.3, -0.25) is 4.57 Å². The number of rotatable bonds is 7. The van der Waals surface area contributed by atoms with E-state index in [9.17, 15) is 0 Å². The van der Waals surface area contributed by atoms with Crippen molar-refractivity contribution in [1.82, 2.24) is 9.55 Å². The number of nitrogens with zero attached hydrogens (tertiary/aromatic N) is 4. The van der Waals surface area contributed by atoms with Crippen molar-refractivity contribution in [3.8, 4) is 39.6 Å². The zero-order chi connectivity index (χ0) is 52.0. The number of aryl methyl sites for hydroxylation is 4. The highest BCUT2D eigenvalue weighted by Crippen LogP contribution is 2.50. The molecule has 0 saturated heterocycles. The summed E-state index contributed by atoms with van der Waals surface area (Å²) >= 11 is 0. The van der Waals surface area contributed by atoms with Crippen LogP contribution >= 0.6 is 0 Å². The Hall–Kier alpha value is -7.11. The topological polar surface area (TPSA) is 33.5 Å². The SMILES string of the molecule is [2H]C([2H])([2H])c1cc(-c2cccc(-c3cc(C([2H])([2H])[2H])cc(C([2H])([2H])[2H])c3)c2N2CN(c3cccc(Oc4ccc5c6ccccc6n(-c6cc(C(C)(C)C)ccn6)c5c4)c3)c3ccccc32)cc(C([2H])([2H])[2H])c1. The van der Waals surface area contributed by atoms with Gasteiger partial charge in [-0.15, -0.1) is 0 Å². The molecule has 0 aliphatic carbocycles. The zero-order valence-electron chi connectivity index (χ0n) is 46.0. The molecule has 1 aliphatic heterocycles. The lowest BCUT2D eigenvalue weighted by Crippen LogP contribution is -2.25. The van der Waals surface area contributed by atoms with E-state index in [-0.39, 0.29) is 34.3 Å². The van der Waals surface area contributed by atoms with Crippen LogP contribution in [0.2, 0.25) is 0 Å². The van der Waals surface area contributed by atoms with E-state index in [4.69, 9.17) is 26.2 Å². The summed E-state index contributed by atoms with van der Waals surface area (Å²) in [5, 5.41) is 2.13. The summed E-state index contributed by atoms with van der Waals surface area (Å²) in [6, 6.07) is 47.2. The first-order valence-electron chi connectivity index (χ1n) is 26.2. The van der Waals surface area contributed by atoms with Gasteiger partial charge in [-0.2, -0.15) is 0 Å². The molecule has 9 aromatic rings. The largest absolute Gasteiger partial charge is 0.457 e. The van der Waals surface area contributed by atoms with E-state index in [2.05, 4.69) is 54.5 Å². The van der Waals surface area contributed by atoms with Crippen LogP contribution in [0.3, 0.4) is 0 Å². The molecule has 5 nitrogen and oxygen atoms in total. The van der Waals surface area contributed by atoms with Crippen LogP contribution in [-0.2, 0) is 5.41 Å². The van der Waals surface area contributed by atoms with Crippen molar-refractivity contribution in [2.45, 2.75) is 53.6 Å². The second-order valence-corrected chi connectivity index (χ2v) is 16.6. The van der Waals surface area contributed by atoms with E-state index in [0.717, 1.165) is 50.2 Å². The molecule has 1 aliphatic rings. The maximum absolute atomic E-state index is 8.34. The first-order chi connectivity index (χ1) is 34.3. The van der Waals surface area contributed by atoms with Gasteiger partial charge in [0.15, 0.2) is 0 Å². The van der Waals surface area contributed by atoms with Crippen LogP contribution in [0.15, 0.2) is 164 Å². The molecule has 2 aromatic heterocycles. The highest BCUT2D eigenvalue weighted by atomic mass is 16.5. The fraction of sp³-hybridized carbons (Fsp3) is 0.161. The second-order valence-electron chi connectivity index (χ2n) is 16.6. The predicted octanol–water partition coefficient (Wildman–Crippen LogP) is 15.1. The third-order valence-corrected chi connectivity index (χ3v) is 11.4. The molecule has 5 heteroatoms. The molecule has 3 heterocycles. The Morgan fingerprint density at radius 2 is 1.15 bits per heavy atom. The van der Waals surface area contributed by atoms with Gasteiger partial charge in [0.1, 0.15) is 24.0 Å². The van der Waals surface area contributed by atoms with E-state index in [1.807, 2.05) is 90.0 Å². The monoisotopic (exact) mass is 806 g/mol. The van der Waals surface area contributed by atoms with Crippen molar-refractivity contribution in [1.29, 1.82) is 0 Å². The van der Waals surface area contributed by atoms with Crippen LogP contribution in [0.5, 0.6) is 11.5 Å². The van der Waals surface area contributed by atoms with E-state index in [1.165, 1.54) is 36.4 Å². The maximum Gasteiger partial charge on any atom is 0.137 e. The molecule has 0 N–H and O–H groups in total. The van der Waals surface area contributed by atoms with Crippen LogP contribution < -0.4 is 14.5 Å². The Morgan fingerprint density at radius 3 is 1.82 bits per heavy atom. The second kappa shape index (κ2) is 14.9. The fourth-order valence-electron chi connectivity index (χ4n) is 8.61. The van der Waals surface area contributed by atoms with Gasteiger partial charge in [0.05, 0.1) is 28.1 Å². The lowest BCUT2D eigenvalue weighted by molar-refractivity contribution is 0.483. The molecule has 10 rings (SSSR count). The lowest BCUT2D eigenvalue weighted by Gasteiger charge is -2.27. The minimum atomic E-state index is -2.67. The van der Waals surface area contributed by atoms with Crippen LogP contribution in [0, 0.1) is 27.4 Å². The van der Waals surface area contributed by atoms with E-state index in [1.54, 1.807) is 18.2 Å². The maximum atomic E-state index is 8.34. The first kappa shape index (κ1) is 26.9. The van der Waals surface area contributed by atoms with Gasteiger partial charge in [-0.05, 0) is 104 Å². The molecule has 0 fully saturated rings. The summed E-state index contributed by atoms with van der Waals surface area (Å²) in [4.78, 5) is 8.91. The van der Waals surface area contributed by atoms with Crippen LogP contribution in [0.1, 0.15) is 65.0 Å². The number of para-hydroxylation sites is 4. The minimum absolute atomic E-state index is 0.0915. The summed E-state index contributed by atoms with van der Waals surface area (Å²) in [6.45, 7) is -3.97. The molecule has 300 valence electrons. The first-order valence-corrected chi connectivity index (χ1v) is 20.2. The molecule has 0 radical (unpaired) electrons. The van der Waals surface area contributed by atoms with Crippen LogP contribution in [-0.4, -0.2) is 16.2 Å². The van der Waals surface area contributed by atoms with Crippen molar-refractivity contribution in [2.75, 3.05) is 16.5 Å². The molecule has 61 heavy (non-hydrogen) atoms. The molecular formula is C56H50N4O. The summed E-state index contributed by atoms with van der Waals surface area (Å²) in [7, 11) is 0. The summed E-state index contributed by atoms with van der Waals surface area (Å²) in [5.41, 5.74) is 6.51. The van der Waals surface area contributed by atoms with Crippen LogP contribution in [0.4, 0.5) is 22.7 Å². The van der Waals surface area contributed by atoms with Crippen molar-refractivity contribution >= 4 is 44.6 Å². The van der Waals surface area contributed by atoms with Gasteiger partial charge in [0, 0.05) is 62.4 Å². The number of fused-ring (bicyclic) bond motifs is 4. The molecule has 0 unspecified atom stereocenters. The lowest BCUT2D eigenvalue weighted by atomic mass is 9.88. The quantitative estimate of drug-likeness (QED) is 0.161. The van der Waals surface area contributed by atoms with Crippen molar-refractivity contribution in [2.24, 2.45) is 0 Å². The zero-order valence-corrected chi connectivity index (χ0v) is 34.0. The number of hydrogen-bond donors (Lipinski definition) is 0. The van der Waals surface area contributed by atoms with Crippen molar-refractivity contribution in [3.05, 3.63) is 192 Å². The standard InChI is InChI=1S/C56H50N4O/c1-36-26-37(2)29-40(28-36)46-17-13-18-47(41-30-38(3)27-39(4)31-41)55(46)59-35-58(51-20-10-11-21-52(51)59)43-14-12-15-44(33-43)61-45-22-23-49-48-16-8-9-19-50(48)60(53(49)34-45)54-32-42(24-25-57-54)56(5,6)7/h8-34H,35H2,1-7H3/i1D3,2D3,3D3,4D3. The summed E-state index contributed by atoms with van der Waals surface area (Å²) in [6.07, 6.45) is 1.85. The molecular weight excluding hydrogens is 745 g/mol. The van der Waals surface area contributed by atoms with Crippen LogP contribution in [0.25, 0.3) is 49.9 Å². The third kappa shape index (κ3) is 7.00. The number of hydrogen-bond acceptors (Lipinski definition) is 4. The van der Waals surface area contributed by atoms with E-state index < -0.39 is 27.4 Å². The smallest absolute Gasteiger partial charge is 0.137 e. The molecule has 0 bridgehead atoms. The number of pyridine rings is 1. The fourth-order valence-corrected chi connectivity index (χ4v) is 8.61. The van der Waals surface area contributed by atoms with Gasteiger partial charge >= 0.3 is 0 Å². The Kier molecular flexibility index (Phi) is 6.55. The van der Waals surface area contributed by atoms with Gasteiger partial charge in [0.25, 0.3) is 0 Å². The summed E-state index contributed by atoms with van der Waals surface area (Å²) in [5.74, 6) is 1.96. The van der Waals surface area contributed by atoms with E-state index >= 15 is 0 Å². The predicted molar refractivity (Wildman–Crippen MR) is 256 cm³/mol.